The highest BCUT2D eigenvalue weighted by atomic mass is 19.1. The van der Waals surface area contributed by atoms with Crippen molar-refractivity contribution < 1.29 is 14.2 Å². The smallest absolute Gasteiger partial charge is 0.227 e. The number of aryl methyl sites for hydroxylation is 1. The highest BCUT2D eigenvalue weighted by Crippen LogP contribution is 2.32. The van der Waals surface area contributed by atoms with Gasteiger partial charge in [0.2, 0.25) is 5.88 Å². The number of nitrogens with zero attached hydrogens (tertiary/aromatic N) is 3. The van der Waals surface area contributed by atoms with Crippen LogP contribution in [0.25, 0.3) is 5.69 Å². The molecule has 0 spiro atoms. The van der Waals surface area contributed by atoms with E-state index in [-0.39, 0.29) is 11.9 Å². The molecule has 1 N–H and O–H groups in total. The van der Waals surface area contributed by atoms with Crippen LogP contribution < -0.4 is 4.74 Å². The molecule has 0 aliphatic carbocycles. The van der Waals surface area contributed by atoms with Crippen molar-refractivity contribution in [2.24, 2.45) is 0 Å². The first-order chi connectivity index (χ1) is 15.4. The lowest BCUT2D eigenvalue weighted by Crippen LogP contribution is -2.37. The van der Waals surface area contributed by atoms with E-state index in [9.17, 15) is 9.50 Å². The van der Waals surface area contributed by atoms with Crippen molar-refractivity contribution in [1.82, 2.24) is 14.7 Å². The summed E-state index contributed by atoms with van der Waals surface area (Å²) in [5, 5.41) is 15.2. The third-order valence-electron chi connectivity index (χ3n) is 5.39. The fourth-order valence-electron chi connectivity index (χ4n) is 3.54. The van der Waals surface area contributed by atoms with Crippen molar-refractivity contribution in [3.8, 4) is 17.3 Å². The largest absolute Gasteiger partial charge is 0.438 e. The molecule has 0 unspecified atom stereocenters. The van der Waals surface area contributed by atoms with Crippen LogP contribution in [0.2, 0.25) is 0 Å². The van der Waals surface area contributed by atoms with Gasteiger partial charge >= 0.3 is 0 Å². The summed E-state index contributed by atoms with van der Waals surface area (Å²) in [4.78, 5) is 2.20. The van der Waals surface area contributed by atoms with E-state index in [1.165, 1.54) is 12.1 Å². The van der Waals surface area contributed by atoms with Gasteiger partial charge in [0, 0.05) is 25.2 Å². The number of benzene rings is 2. The molecule has 170 valence electrons. The summed E-state index contributed by atoms with van der Waals surface area (Å²) in [6.07, 6.45) is 2.81. The SMILES string of the molecule is C=CCC[C@H](O)CN(Cc1c(C)nn(-c2ccccc2)c1Oc1cccc(F)c1)C(C)C. The monoisotopic (exact) mass is 437 g/mol. The predicted octanol–water partition coefficient (Wildman–Crippen LogP) is 5.65. The molecular weight excluding hydrogens is 405 g/mol. The number of rotatable bonds is 11. The molecule has 3 aromatic rings. The van der Waals surface area contributed by atoms with Crippen LogP contribution in [0.5, 0.6) is 11.6 Å². The minimum Gasteiger partial charge on any atom is -0.438 e. The quantitative estimate of drug-likeness (QED) is 0.394. The van der Waals surface area contributed by atoms with Gasteiger partial charge in [-0.2, -0.15) is 5.10 Å². The maximum atomic E-state index is 13.8. The van der Waals surface area contributed by atoms with Gasteiger partial charge in [0.15, 0.2) is 0 Å². The second kappa shape index (κ2) is 11.1. The molecule has 0 radical (unpaired) electrons. The Bertz CT molecular complexity index is 1020. The zero-order chi connectivity index (χ0) is 23.1. The van der Waals surface area contributed by atoms with Gasteiger partial charge in [-0.05, 0) is 57.9 Å². The molecular formula is C26H32FN3O2. The van der Waals surface area contributed by atoms with Crippen LogP contribution in [0.1, 0.15) is 37.9 Å². The van der Waals surface area contributed by atoms with Crippen LogP contribution in [-0.4, -0.2) is 38.5 Å². The number of hydrogen-bond donors (Lipinski definition) is 1. The summed E-state index contributed by atoms with van der Waals surface area (Å²) in [7, 11) is 0. The lowest BCUT2D eigenvalue weighted by Gasteiger charge is -2.29. The van der Waals surface area contributed by atoms with E-state index in [1.54, 1.807) is 16.8 Å². The van der Waals surface area contributed by atoms with E-state index < -0.39 is 6.10 Å². The third kappa shape index (κ3) is 6.05. The van der Waals surface area contributed by atoms with Crippen molar-refractivity contribution in [1.29, 1.82) is 0 Å². The Morgan fingerprint density at radius 3 is 2.59 bits per heavy atom. The van der Waals surface area contributed by atoms with Gasteiger partial charge in [-0.15, -0.1) is 6.58 Å². The van der Waals surface area contributed by atoms with Crippen LogP contribution in [0.15, 0.2) is 67.3 Å². The van der Waals surface area contributed by atoms with E-state index in [0.717, 1.165) is 23.4 Å². The minimum absolute atomic E-state index is 0.204. The maximum absolute atomic E-state index is 13.8. The van der Waals surface area contributed by atoms with Crippen LogP contribution >= 0.6 is 0 Å². The zero-order valence-corrected chi connectivity index (χ0v) is 19.0. The first-order valence-electron chi connectivity index (χ1n) is 11.0. The Hall–Kier alpha value is -2.96. The fraction of sp³-hybridized carbons (Fsp3) is 0.346. The Labute approximate surface area is 189 Å². The molecule has 1 aromatic heterocycles. The first-order valence-corrected chi connectivity index (χ1v) is 11.0. The van der Waals surface area contributed by atoms with Crippen molar-refractivity contribution in [3.05, 3.63) is 84.3 Å². The zero-order valence-electron chi connectivity index (χ0n) is 19.0. The molecule has 0 bridgehead atoms. The van der Waals surface area contributed by atoms with E-state index in [2.05, 4.69) is 25.3 Å². The number of allylic oxidation sites excluding steroid dienone is 1. The van der Waals surface area contributed by atoms with Crippen LogP contribution in [0, 0.1) is 12.7 Å². The maximum Gasteiger partial charge on any atom is 0.227 e. The molecule has 0 amide bonds. The van der Waals surface area contributed by atoms with Gasteiger partial charge in [0.05, 0.1) is 23.0 Å². The molecule has 0 fully saturated rings. The Balaban J connectivity index is 1.98. The van der Waals surface area contributed by atoms with Gasteiger partial charge in [-0.1, -0.05) is 30.3 Å². The lowest BCUT2D eigenvalue weighted by molar-refractivity contribution is 0.0849. The van der Waals surface area contributed by atoms with E-state index in [0.29, 0.717) is 31.1 Å². The van der Waals surface area contributed by atoms with Crippen LogP contribution in [0.4, 0.5) is 4.39 Å². The third-order valence-corrected chi connectivity index (χ3v) is 5.39. The predicted molar refractivity (Wildman–Crippen MR) is 126 cm³/mol. The standard InChI is InChI=1S/C26H32FN3O2/c1-5-6-14-23(31)17-29(19(2)3)18-25-20(4)28-30(22-12-8-7-9-13-22)26(25)32-24-15-10-11-21(27)16-24/h5,7-13,15-16,19,23,31H,1,6,14,17-18H2,2-4H3/t23-/m0/s1. The van der Waals surface area contributed by atoms with Gasteiger partial charge in [-0.3, -0.25) is 4.90 Å². The number of aromatic nitrogens is 2. The van der Waals surface area contributed by atoms with Crippen molar-refractivity contribution in [2.45, 2.75) is 52.3 Å². The molecule has 0 aliphatic heterocycles. The average Bonchev–Trinajstić information content (AvgIpc) is 3.07. The molecule has 32 heavy (non-hydrogen) atoms. The molecule has 6 heteroatoms. The topological polar surface area (TPSA) is 50.5 Å². The number of halogens is 1. The molecule has 2 aromatic carbocycles. The van der Waals surface area contributed by atoms with Gasteiger partial charge in [-0.25, -0.2) is 9.07 Å². The molecule has 1 heterocycles. The van der Waals surface area contributed by atoms with Crippen LogP contribution in [0.3, 0.4) is 0 Å². The summed E-state index contributed by atoms with van der Waals surface area (Å²) in [5.74, 6) is 0.594. The molecule has 0 aliphatic rings. The summed E-state index contributed by atoms with van der Waals surface area (Å²) in [6, 6.07) is 16.0. The average molecular weight is 438 g/mol. The normalized spacial score (nSPS) is 12.3. The van der Waals surface area contributed by atoms with Gasteiger partial charge < -0.3 is 9.84 Å². The Kier molecular flexibility index (Phi) is 8.20. The summed E-state index contributed by atoms with van der Waals surface area (Å²) >= 11 is 0. The Morgan fingerprint density at radius 1 is 1.19 bits per heavy atom. The second-order valence-corrected chi connectivity index (χ2v) is 8.22. The summed E-state index contributed by atoms with van der Waals surface area (Å²) < 4.78 is 21.8. The Morgan fingerprint density at radius 2 is 1.94 bits per heavy atom. The number of para-hydroxylation sites is 1. The first kappa shape index (κ1) is 23.7. The van der Waals surface area contributed by atoms with Crippen LogP contribution in [-0.2, 0) is 6.54 Å². The lowest BCUT2D eigenvalue weighted by atomic mass is 10.1. The number of aliphatic hydroxyl groups excluding tert-OH is 1. The van der Waals surface area contributed by atoms with E-state index in [1.807, 2.05) is 43.3 Å². The number of hydrogen-bond acceptors (Lipinski definition) is 4. The highest BCUT2D eigenvalue weighted by Gasteiger charge is 2.23. The van der Waals surface area contributed by atoms with Crippen molar-refractivity contribution in [3.63, 3.8) is 0 Å². The van der Waals surface area contributed by atoms with Gasteiger partial charge in [0.25, 0.3) is 0 Å². The van der Waals surface area contributed by atoms with Crippen molar-refractivity contribution >= 4 is 0 Å². The minimum atomic E-state index is -0.451. The molecule has 5 nitrogen and oxygen atoms in total. The number of aliphatic hydroxyl groups is 1. The fourth-order valence-corrected chi connectivity index (χ4v) is 3.54. The van der Waals surface area contributed by atoms with E-state index in [4.69, 9.17) is 9.84 Å². The van der Waals surface area contributed by atoms with Gasteiger partial charge in [0.1, 0.15) is 11.6 Å². The highest BCUT2D eigenvalue weighted by molar-refractivity contribution is 5.43. The van der Waals surface area contributed by atoms with Crippen molar-refractivity contribution in [2.75, 3.05) is 6.54 Å². The molecule has 0 saturated heterocycles. The number of ether oxygens (including phenoxy) is 1. The van der Waals surface area contributed by atoms with E-state index >= 15 is 0 Å². The molecule has 0 saturated carbocycles. The molecule has 1 atom stereocenters. The second-order valence-electron chi connectivity index (χ2n) is 8.22. The molecule has 3 rings (SSSR count). The summed E-state index contributed by atoms with van der Waals surface area (Å²) in [5.41, 5.74) is 2.59. The summed E-state index contributed by atoms with van der Waals surface area (Å²) in [6.45, 7) is 11.0.